The van der Waals surface area contributed by atoms with Crippen LogP contribution in [0.2, 0.25) is 0 Å². The lowest BCUT2D eigenvalue weighted by Crippen LogP contribution is -2.19. The topological polar surface area (TPSA) is 53.9 Å². The predicted molar refractivity (Wildman–Crippen MR) is 107 cm³/mol. The third kappa shape index (κ3) is 3.83. The van der Waals surface area contributed by atoms with Gasteiger partial charge in [0.15, 0.2) is 0 Å². The Kier molecular flexibility index (Phi) is 5.25. The fraction of sp³-hybridized carbons (Fsp3) is 0.381. The lowest BCUT2D eigenvalue weighted by molar-refractivity contribution is 0.146. The maximum absolute atomic E-state index is 14.6. The summed E-state index contributed by atoms with van der Waals surface area (Å²) in [5, 5.41) is 3.95. The molecule has 4 rings (SSSR count). The van der Waals surface area contributed by atoms with E-state index in [0.717, 1.165) is 43.2 Å². The van der Waals surface area contributed by atoms with Gasteiger partial charge < -0.3 is 10.2 Å². The molecule has 152 valence electrons. The number of hydrogen-bond donors (Lipinski definition) is 1. The molecule has 0 amide bonds. The largest absolute Gasteiger partial charge is 0.363 e. The van der Waals surface area contributed by atoms with E-state index in [1.807, 2.05) is 6.07 Å². The van der Waals surface area contributed by atoms with Gasteiger partial charge in [-0.3, -0.25) is 0 Å². The molecule has 1 aromatic carbocycles. The van der Waals surface area contributed by atoms with E-state index in [9.17, 15) is 13.2 Å². The van der Waals surface area contributed by atoms with E-state index in [1.165, 1.54) is 12.1 Å². The molecule has 0 spiro atoms. The van der Waals surface area contributed by atoms with Crippen molar-refractivity contribution in [2.75, 3.05) is 23.3 Å². The summed E-state index contributed by atoms with van der Waals surface area (Å²) < 4.78 is 40.7. The van der Waals surface area contributed by atoms with Crippen molar-refractivity contribution < 1.29 is 13.2 Å². The number of hydrogen-bond acceptors (Lipinski definition) is 5. The van der Waals surface area contributed by atoms with Crippen molar-refractivity contribution in [3.63, 3.8) is 0 Å². The number of halogens is 3. The molecule has 1 aliphatic heterocycles. The normalized spacial score (nSPS) is 15.3. The highest BCUT2D eigenvalue weighted by molar-refractivity contribution is 5.90. The summed E-state index contributed by atoms with van der Waals surface area (Å²) >= 11 is 0. The molecular formula is C21H22F3N5. The summed E-state index contributed by atoms with van der Waals surface area (Å²) in [5.41, 5.74) is 0.249. The average Bonchev–Trinajstić information content (AvgIpc) is 3.22. The van der Waals surface area contributed by atoms with Crippen molar-refractivity contribution in [1.82, 2.24) is 15.0 Å². The number of pyridine rings is 1. The molecule has 5 nitrogen and oxygen atoms in total. The summed E-state index contributed by atoms with van der Waals surface area (Å²) in [4.78, 5) is 15.6. The summed E-state index contributed by atoms with van der Waals surface area (Å²) in [6.45, 7) is 5.40. The third-order valence-corrected chi connectivity index (χ3v) is 5.22. The highest BCUT2D eigenvalue weighted by Gasteiger charge is 2.21. The van der Waals surface area contributed by atoms with E-state index >= 15 is 0 Å². The molecule has 0 saturated carbocycles. The summed E-state index contributed by atoms with van der Waals surface area (Å²) in [6.07, 6.45) is 1.11. The Morgan fingerprint density at radius 3 is 2.55 bits per heavy atom. The second-order valence-electron chi connectivity index (χ2n) is 7.29. The van der Waals surface area contributed by atoms with Crippen molar-refractivity contribution >= 4 is 22.5 Å². The lowest BCUT2D eigenvalue weighted by atomic mass is 10.0. The van der Waals surface area contributed by atoms with Crippen LogP contribution in [-0.2, 0) is 0 Å². The van der Waals surface area contributed by atoms with Crippen molar-refractivity contribution in [2.24, 2.45) is 0 Å². The molecule has 3 heterocycles. The van der Waals surface area contributed by atoms with E-state index in [4.69, 9.17) is 0 Å². The first-order valence-corrected chi connectivity index (χ1v) is 9.66. The summed E-state index contributed by atoms with van der Waals surface area (Å²) in [7, 11) is 0. The zero-order chi connectivity index (χ0) is 20.5. The smallest absolute Gasteiger partial charge is 0.266 e. The molecule has 0 aliphatic carbocycles. The van der Waals surface area contributed by atoms with E-state index in [0.29, 0.717) is 17.2 Å². The second-order valence-corrected chi connectivity index (χ2v) is 7.29. The Bertz CT molecular complexity index is 1030. The van der Waals surface area contributed by atoms with Crippen molar-refractivity contribution in [1.29, 1.82) is 0 Å². The van der Waals surface area contributed by atoms with Crippen molar-refractivity contribution in [2.45, 2.75) is 39.2 Å². The SMILES string of the molecule is Cc1nc(N[C@H](C)c2cccc(C(F)F)c2F)c2cc(N3CCCC3)ncc2n1. The monoisotopic (exact) mass is 401 g/mol. The van der Waals surface area contributed by atoms with Crippen LogP contribution in [0.4, 0.5) is 24.8 Å². The molecule has 3 aromatic rings. The molecule has 8 heteroatoms. The number of nitrogens with zero attached hydrogens (tertiary/aromatic N) is 4. The number of alkyl halides is 2. The number of aryl methyl sites for hydroxylation is 1. The van der Waals surface area contributed by atoms with Crippen LogP contribution in [0.15, 0.2) is 30.5 Å². The molecule has 2 aromatic heterocycles. The minimum absolute atomic E-state index is 0.168. The maximum atomic E-state index is 14.6. The molecule has 1 N–H and O–H groups in total. The van der Waals surface area contributed by atoms with Crippen molar-refractivity contribution in [3.8, 4) is 0 Å². The number of rotatable bonds is 5. The van der Waals surface area contributed by atoms with Gasteiger partial charge in [-0.05, 0) is 32.8 Å². The predicted octanol–water partition coefficient (Wildman–Crippen LogP) is 5.18. The minimum atomic E-state index is -2.86. The standard InChI is InChI=1S/C21H22F3N5/c1-12(14-6-5-7-15(19(14)22)20(23)24)26-21-16-10-18(29-8-3-4-9-29)25-11-17(16)27-13(2)28-21/h5-7,10-12,20H,3-4,8-9H2,1-2H3,(H,26,27,28)/t12-/m1/s1. The molecular weight excluding hydrogens is 379 g/mol. The zero-order valence-corrected chi connectivity index (χ0v) is 16.3. The van der Waals surface area contributed by atoms with Gasteiger partial charge in [0.1, 0.15) is 23.3 Å². The van der Waals surface area contributed by atoms with Gasteiger partial charge in [0, 0.05) is 24.0 Å². The Balaban J connectivity index is 1.71. The van der Waals surface area contributed by atoms with Gasteiger partial charge in [-0.2, -0.15) is 0 Å². The fourth-order valence-electron chi connectivity index (χ4n) is 3.72. The first kappa shape index (κ1) is 19.4. The van der Waals surface area contributed by atoms with Crippen molar-refractivity contribution in [3.05, 3.63) is 53.2 Å². The molecule has 1 saturated heterocycles. The molecule has 0 radical (unpaired) electrons. The number of benzene rings is 1. The highest BCUT2D eigenvalue weighted by Crippen LogP contribution is 2.31. The summed E-state index contributed by atoms with van der Waals surface area (Å²) in [6, 6.07) is 5.42. The van der Waals surface area contributed by atoms with Gasteiger partial charge >= 0.3 is 0 Å². The van der Waals surface area contributed by atoms with Crippen LogP contribution < -0.4 is 10.2 Å². The van der Waals surface area contributed by atoms with Gasteiger partial charge in [0.2, 0.25) is 0 Å². The summed E-state index contributed by atoms with van der Waals surface area (Å²) in [5.74, 6) is 1.04. The minimum Gasteiger partial charge on any atom is -0.363 e. The first-order valence-electron chi connectivity index (χ1n) is 9.66. The van der Waals surface area contributed by atoms with Crippen LogP contribution in [0.25, 0.3) is 10.9 Å². The van der Waals surface area contributed by atoms with Gasteiger partial charge in [0.25, 0.3) is 6.43 Å². The lowest BCUT2D eigenvalue weighted by Gasteiger charge is -2.20. The Labute approximate surface area is 167 Å². The second kappa shape index (κ2) is 7.85. The van der Waals surface area contributed by atoms with E-state index < -0.39 is 23.8 Å². The van der Waals surface area contributed by atoms with Gasteiger partial charge in [-0.25, -0.2) is 28.1 Å². The quantitative estimate of drug-likeness (QED) is 0.638. The number of nitrogens with one attached hydrogen (secondary N) is 1. The Hall–Kier alpha value is -2.90. The average molecular weight is 401 g/mol. The first-order chi connectivity index (χ1) is 13.9. The fourth-order valence-corrected chi connectivity index (χ4v) is 3.72. The van der Waals surface area contributed by atoms with Gasteiger partial charge in [-0.15, -0.1) is 0 Å². The molecule has 0 bridgehead atoms. The van der Waals surface area contributed by atoms with Crippen LogP contribution in [0.5, 0.6) is 0 Å². The Morgan fingerprint density at radius 2 is 1.83 bits per heavy atom. The Morgan fingerprint density at radius 1 is 1.10 bits per heavy atom. The number of anilines is 2. The molecule has 1 fully saturated rings. The molecule has 0 unspecified atom stereocenters. The van der Waals surface area contributed by atoms with Crippen LogP contribution in [0.3, 0.4) is 0 Å². The highest BCUT2D eigenvalue weighted by atomic mass is 19.3. The van der Waals surface area contributed by atoms with E-state index in [1.54, 1.807) is 20.0 Å². The van der Waals surface area contributed by atoms with Crippen LogP contribution in [0.1, 0.15) is 49.2 Å². The van der Waals surface area contributed by atoms with E-state index in [-0.39, 0.29) is 5.56 Å². The maximum Gasteiger partial charge on any atom is 0.266 e. The van der Waals surface area contributed by atoms with Gasteiger partial charge in [-0.1, -0.05) is 18.2 Å². The van der Waals surface area contributed by atoms with Crippen LogP contribution in [-0.4, -0.2) is 28.0 Å². The third-order valence-electron chi connectivity index (χ3n) is 5.22. The van der Waals surface area contributed by atoms with Crippen LogP contribution >= 0.6 is 0 Å². The van der Waals surface area contributed by atoms with Gasteiger partial charge in [0.05, 0.1) is 23.3 Å². The number of aromatic nitrogens is 3. The zero-order valence-electron chi connectivity index (χ0n) is 16.3. The molecule has 29 heavy (non-hydrogen) atoms. The molecule has 1 atom stereocenters. The van der Waals surface area contributed by atoms with E-state index in [2.05, 4.69) is 25.2 Å². The van der Waals surface area contributed by atoms with Crippen LogP contribution in [0, 0.1) is 12.7 Å². The number of fused-ring (bicyclic) bond motifs is 1. The molecule has 1 aliphatic rings.